The molecule has 1 aliphatic heterocycles. The van der Waals surface area contributed by atoms with Gasteiger partial charge in [0.25, 0.3) is 0 Å². The van der Waals surface area contributed by atoms with E-state index in [-0.39, 0.29) is 35.0 Å². The summed E-state index contributed by atoms with van der Waals surface area (Å²) in [5.74, 6) is -1.80. The van der Waals surface area contributed by atoms with E-state index in [0.29, 0.717) is 29.5 Å². The smallest absolute Gasteiger partial charge is 0.227 e. The van der Waals surface area contributed by atoms with Crippen molar-refractivity contribution < 1.29 is 27.6 Å². The summed E-state index contributed by atoms with van der Waals surface area (Å²) in [6, 6.07) is 9.50. The van der Waals surface area contributed by atoms with Crippen LogP contribution in [0.25, 0.3) is 22.2 Å². The molecule has 1 saturated carbocycles. The molecule has 2 aliphatic rings. The van der Waals surface area contributed by atoms with Crippen molar-refractivity contribution >= 4 is 28.6 Å². The second-order valence-corrected chi connectivity index (χ2v) is 7.54. The van der Waals surface area contributed by atoms with Gasteiger partial charge < -0.3 is 10.7 Å². The van der Waals surface area contributed by atoms with E-state index in [1.165, 1.54) is 24.6 Å². The largest absolute Gasteiger partial charge is 0.369 e. The van der Waals surface area contributed by atoms with E-state index < -0.39 is 11.6 Å². The molecule has 32 heavy (non-hydrogen) atoms. The molecule has 9 heteroatoms. The van der Waals surface area contributed by atoms with Crippen LogP contribution in [-0.4, -0.2) is 22.7 Å². The summed E-state index contributed by atoms with van der Waals surface area (Å²) in [6.45, 7) is 0. The van der Waals surface area contributed by atoms with Crippen molar-refractivity contribution in [3.05, 3.63) is 59.9 Å². The molecule has 0 unspecified atom stereocenters. The van der Waals surface area contributed by atoms with E-state index in [1.54, 1.807) is 18.2 Å². The number of carbonyl (C=O) groups excluding carboxylic acids is 3. The van der Waals surface area contributed by atoms with E-state index in [9.17, 15) is 27.6 Å². The Morgan fingerprint density at radius 3 is 1.97 bits per heavy atom. The predicted octanol–water partition coefficient (Wildman–Crippen LogP) is 3.95. The number of nitrogens with two attached hydrogens (primary N) is 1. The lowest BCUT2D eigenvalue weighted by Gasteiger charge is -2.20. The van der Waals surface area contributed by atoms with Gasteiger partial charge in [0.15, 0.2) is 0 Å². The summed E-state index contributed by atoms with van der Waals surface area (Å²) >= 11 is 0. The number of aromatic amines is 1. The summed E-state index contributed by atoms with van der Waals surface area (Å²) < 4.78 is 39.4. The highest BCUT2D eigenvalue weighted by Gasteiger charge is 2.22. The molecule has 168 valence electrons. The van der Waals surface area contributed by atoms with E-state index in [1.807, 2.05) is 0 Å². The van der Waals surface area contributed by atoms with Crippen LogP contribution in [0.3, 0.4) is 0 Å². The molecular formula is C23H22F3N3O3. The minimum Gasteiger partial charge on any atom is -0.369 e. The van der Waals surface area contributed by atoms with Crippen LogP contribution in [0.5, 0.6) is 0 Å². The summed E-state index contributed by atoms with van der Waals surface area (Å²) in [6.07, 6.45) is 3.98. The van der Waals surface area contributed by atoms with E-state index in [4.69, 9.17) is 5.73 Å². The standard InChI is InChI=1S/C14H8F3N.C5H9NO.C4H5NO2/c15-10-3-1-8(2-4-10)13-6-9-5-11(16)7-12(17)14(9)18-13;6-5(7)4-2-1-3-4;6-3-1-2-4(7)5-3/h1-7,18H;4H,1-3H2,(H2,6,7);1-2H2,(H,5,6,7). The minimum absolute atomic E-state index is 0.119. The molecule has 1 saturated heterocycles. The highest BCUT2D eigenvalue weighted by Crippen LogP contribution is 2.27. The molecule has 5 rings (SSSR count). The molecule has 2 fully saturated rings. The molecule has 0 bridgehead atoms. The van der Waals surface area contributed by atoms with Crippen LogP contribution in [0.15, 0.2) is 42.5 Å². The quantitative estimate of drug-likeness (QED) is 0.520. The number of imide groups is 1. The monoisotopic (exact) mass is 445 g/mol. The van der Waals surface area contributed by atoms with Crippen molar-refractivity contribution in [1.29, 1.82) is 0 Å². The lowest BCUT2D eigenvalue weighted by molar-refractivity contribution is -0.125. The Balaban J connectivity index is 0.000000169. The van der Waals surface area contributed by atoms with Gasteiger partial charge in [-0.05, 0) is 54.8 Å². The van der Waals surface area contributed by atoms with Gasteiger partial charge in [-0.2, -0.15) is 0 Å². The van der Waals surface area contributed by atoms with Crippen molar-refractivity contribution in [3.63, 3.8) is 0 Å². The van der Waals surface area contributed by atoms with E-state index >= 15 is 0 Å². The van der Waals surface area contributed by atoms with Gasteiger partial charge in [0, 0.05) is 35.9 Å². The Morgan fingerprint density at radius 1 is 0.906 bits per heavy atom. The normalized spacial score (nSPS) is 15.2. The first-order chi connectivity index (χ1) is 15.2. The molecule has 6 nitrogen and oxygen atoms in total. The second-order valence-electron chi connectivity index (χ2n) is 7.54. The van der Waals surface area contributed by atoms with Crippen molar-refractivity contribution in [2.75, 3.05) is 0 Å². The van der Waals surface area contributed by atoms with Crippen molar-refractivity contribution in [1.82, 2.24) is 10.3 Å². The predicted molar refractivity (Wildman–Crippen MR) is 113 cm³/mol. The SMILES string of the molecule is Fc1ccc(-c2cc3cc(F)cc(F)c3[nH]2)cc1.NC(=O)C1CCC1.O=C1CCC(=O)N1. The number of hydrogen-bond donors (Lipinski definition) is 3. The molecule has 3 aromatic rings. The Labute approximate surface area is 182 Å². The highest BCUT2D eigenvalue weighted by atomic mass is 19.1. The molecule has 0 atom stereocenters. The van der Waals surface area contributed by atoms with Gasteiger partial charge in [0.1, 0.15) is 17.5 Å². The van der Waals surface area contributed by atoms with Crippen LogP contribution >= 0.6 is 0 Å². The number of halogens is 3. The third-order valence-corrected chi connectivity index (χ3v) is 5.17. The van der Waals surface area contributed by atoms with E-state index in [2.05, 4.69) is 10.3 Å². The number of carbonyl (C=O) groups is 3. The van der Waals surface area contributed by atoms with Crippen LogP contribution in [0.4, 0.5) is 13.2 Å². The number of benzene rings is 2. The van der Waals surface area contributed by atoms with Gasteiger partial charge in [-0.3, -0.25) is 19.7 Å². The number of fused-ring (bicyclic) bond motifs is 1. The van der Waals surface area contributed by atoms with Crippen LogP contribution < -0.4 is 11.1 Å². The number of H-pyrrole nitrogens is 1. The minimum atomic E-state index is -0.640. The molecule has 2 heterocycles. The summed E-state index contributed by atoms with van der Waals surface area (Å²) in [5.41, 5.74) is 6.54. The number of aromatic nitrogens is 1. The average molecular weight is 445 g/mol. The maximum Gasteiger partial charge on any atom is 0.227 e. The number of amides is 3. The van der Waals surface area contributed by atoms with Crippen LogP contribution in [0, 0.1) is 23.4 Å². The topological polar surface area (TPSA) is 105 Å². The highest BCUT2D eigenvalue weighted by molar-refractivity contribution is 6.01. The first-order valence-electron chi connectivity index (χ1n) is 10.1. The van der Waals surface area contributed by atoms with Crippen LogP contribution in [0.1, 0.15) is 32.1 Å². The van der Waals surface area contributed by atoms with Crippen molar-refractivity contribution in [3.8, 4) is 11.3 Å². The van der Waals surface area contributed by atoms with Crippen molar-refractivity contribution in [2.45, 2.75) is 32.1 Å². The lowest BCUT2D eigenvalue weighted by atomic mass is 9.85. The Hall–Kier alpha value is -3.62. The summed E-state index contributed by atoms with van der Waals surface area (Å²) in [4.78, 5) is 33.3. The van der Waals surface area contributed by atoms with Gasteiger partial charge in [0.05, 0.1) is 5.52 Å². The zero-order chi connectivity index (χ0) is 23.3. The zero-order valence-electron chi connectivity index (χ0n) is 17.1. The van der Waals surface area contributed by atoms with Gasteiger partial charge in [0.2, 0.25) is 17.7 Å². The molecular weight excluding hydrogens is 423 g/mol. The zero-order valence-corrected chi connectivity index (χ0v) is 17.1. The van der Waals surface area contributed by atoms with E-state index in [0.717, 1.165) is 18.9 Å². The average Bonchev–Trinajstić information content (AvgIpc) is 3.27. The molecule has 1 aromatic heterocycles. The number of primary amides is 1. The number of nitrogens with one attached hydrogen (secondary N) is 2. The van der Waals surface area contributed by atoms with Gasteiger partial charge in [-0.15, -0.1) is 0 Å². The Morgan fingerprint density at radius 2 is 1.53 bits per heavy atom. The fourth-order valence-corrected chi connectivity index (χ4v) is 3.15. The van der Waals surface area contributed by atoms with Crippen molar-refractivity contribution in [2.24, 2.45) is 11.7 Å². The van der Waals surface area contributed by atoms with Crippen LogP contribution in [0.2, 0.25) is 0 Å². The first kappa shape index (κ1) is 23.1. The van der Waals surface area contributed by atoms with Gasteiger partial charge >= 0.3 is 0 Å². The summed E-state index contributed by atoms with van der Waals surface area (Å²) in [5, 5.41) is 2.59. The summed E-state index contributed by atoms with van der Waals surface area (Å²) in [7, 11) is 0. The maximum absolute atomic E-state index is 13.5. The third kappa shape index (κ3) is 5.96. The molecule has 0 spiro atoms. The molecule has 4 N–H and O–H groups in total. The maximum atomic E-state index is 13.5. The first-order valence-corrected chi connectivity index (χ1v) is 10.1. The van der Waals surface area contributed by atoms with Crippen LogP contribution in [-0.2, 0) is 14.4 Å². The second kappa shape index (κ2) is 10.1. The fourth-order valence-electron chi connectivity index (χ4n) is 3.15. The lowest BCUT2D eigenvalue weighted by Crippen LogP contribution is -2.28. The Kier molecular flexibility index (Phi) is 7.29. The van der Waals surface area contributed by atoms with Gasteiger partial charge in [-0.25, -0.2) is 13.2 Å². The van der Waals surface area contributed by atoms with Gasteiger partial charge in [-0.1, -0.05) is 6.42 Å². The molecule has 3 amide bonds. The third-order valence-electron chi connectivity index (χ3n) is 5.17. The molecule has 2 aromatic carbocycles. The fraction of sp³-hybridized carbons (Fsp3) is 0.261. The number of hydrogen-bond acceptors (Lipinski definition) is 3. The molecule has 1 aliphatic carbocycles. The molecule has 0 radical (unpaired) electrons. The number of rotatable bonds is 2. The Bertz CT molecular complexity index is 1120.